The molecule has 0 aromatic carbocycles. The first-order chi connectivity index (χ1) is 8.47. The minimum absolute atomic E-state index is 0.0390. The number of carboxylic acids is 1. The number of rotatable bonds is 6. The number of carbonyl (C=O) groups excluding carboxylic acids is 1. The van der Waals surface area contributed by atoms with Crippen LogP contribution in [0.1, 0.15) is 26.2 Å². The number of amides is 1. The molecule has 18 heavy (non-hydrogen) atoms. The third-order valence-corrected chi connectivity index (χ3v) is 3.65. The van der Waals surface area contributed by atoms with Crippen LogP contribution in [0.5, 0.6) is 0 Å². The molecule has 104 valence electrons. The molecule has 5 nitrogen and oxygen atoms in total. The van der Waals surface area contributed by atoms with Crippen LogP contribution in [0.4, 0.5) is 0 Å². The molecule has 0 radical (unpaired) electrons. The summed E-state index contributed by atoms with van der Waals surface area (Å²) in [5.41, 5.74) is 0. The number of carbonyl (C=O) groups is 2. The monoisotopic (exact) mass is 257 g/mol. The molecular weight excluding hydrogens is 234 g/mol. The van der Waals surface area contributed by atoms with Crippen molar-refractivity contribution in [3.05, 3.63) is 0 Å². The summed E-state index contributed by atoms with van der Waals surface area (Å²) in [6.45, 7) is 3.24. The third kappa shape index (κ3) is 3.70. The van der Waals surface area contributed by atoms with Gasteiger partial charge >= 0.3 is 5.97 Å². The van der Waals surface area contributed by atoms with E-state index in [0.717, 1.165) is 6.42 Å². The fraction of sp³-hybridized carbons (Fsp3) is 0.846. The molecule has 1 amide bonds. The van der Waals surface area contributed by atoms with E-state index in [2.05, 4.69) is 0 Å². The van der Waals surface area contributed by atoms with Gasteiger partial charge in [0.1, 0.15) is 0 Å². The van der Waals surface area contributed by atoms with Crippen LogP contribution in [0.2, 0.25) is 0 Å². The Morgan fingerprint density at radius 2 is 1.94 bits per heavy atom. The Kier molecular flexibility index (Phi) is 5.59. The van der Waals surface area contributed by atoms with Gasteiger partial charge in [-0.2, -0.15) is 0 Å². The second-order valence-corrected chi connectivity index (χ2v) is 5.23. The van der Waals surface area contributed by atoms with E-state index in [1.54, 1.807) is 19.1 Å². The number of hydrogen-bond acceptors (Lipinski definition) is 3. The van der Waals surface area contributed by atoms with Crippen LogP contribution >= 0.6 is 0 Å². The summed E-state index contributed by atoms with van der Waals surface area (Å²) in [4.78, 5) is 25.0. The summed E-state index contributed by atoms with van der Waals surface area (Å²) < 4.78 is 4.94. The Balaban J connectivity index is 2.56. The first kappa shape index (κ1) is 15.0. The van der Waals surface area contributed by atoms with Gasteiger partial charge in [0, 0.05) is 27.3 Å². The summed E-state index contributed by atoms with van der Waals surface area (Å²) in [5, 5.41) is 9.16. The maximum atomic E-state index is 12.2. The van der Waals surface area contributed by atoms with Crippen LogP contribution < -0.4 is 0 Å². The van der Waals surface area contributed by atoms with E-state index >= 15 is 0 Å². The number of hydrogen-bond donors (Lipinski definition) is 1. The Hall–Kier alpha value is -1.10. The predicted molar refractivity (Wildman–Crippen MR) is 67.1 cm³/mol. The molecule has 0 spiro atoms. The zero-order chi connectivity index (χ0) is 13.7. The Bertz CT molecular complexity index is 305. The molecule has 1 aliphatic carbocycles. The standard InChI is InChI=1S/C13H23NO4/c1-9-7-10(11(8-9)13(16)17)12(15)14(2)5-4-6-18-3/h9-11H,4-8H2,1-3H3,(H,16,17). The smallest absolute Gasteiger partial charge is 0.307 e. The quantitative estimate of drug-likeness (QED) is 0.727. The Morgan fingerprint density at radius 1 is 1.33 bits per heavy atom. The van der Waals surface area contributed by atoms with Crippen LogP contribution in [0.25, 0.3) is 0 Å². The summed E-state index contributed by atoms with van der Waals surface area (Å²) in [5.74, 6) is -1.44. The van der Waals surface area contributed by atoms with Crippen molar-refractivity contribution >= 4 is 11.9 Å². The molecule has 0 heterocycles. The summed E-state index contributed by atoms with van der Waals surface area (Å²) in [6, 6.07) is 0. The van der Waals surface area contributed by atoms with Crippen molar-refractivity contribution in [2.45, 2.75) is 26.2 Å². The highest BCUT2D eigenvalue weighted by Gasteiger charge is 2.42. The van der Waals surface area contributed by atoms with E-state index in [0.29, 0.717) is 31.9 Å². The zero-order valence-corrected chi connectivity index (χ0v) is 11.4. The van der Waals surface area contributed by atoms with Crippen LogP contribution in [-0.2, 0) is 14.3 Å². The minimum Gasteiger partial charge on any atom is -0.481 e. The largest absolute Gasteiger partial charge is 0.481 e. The highest BCUT2D eigenvalue weighted by atomic mass is 16.5. The molecule has 0 bridgehead atoms. The highest BCUT2D eigenvalue weighted by molar-refractivity contribution is 5.85. The SMILES string of the molecule is COCCCN(C)C(=O)C1CC(C)CC1C(=O)O. The molecule has 0 aromatic rings. The molecular formula is C13H23NO4. The number of methoxy groups -OCH3 is 1. The minimum atomic E-state index is -0.844. The zero-order valence-electron chi connectivity index (χ0n) is 11.4. The van der Waals surface area contributed by atoms with Crippen LogP contribution in [0, 0.1) is 17.8 Å². The highest BCUT2D eigenvalue weighted by Crippen LogP contribution is 2.37. The fourth-order valence-electron chi connectivity index (χ4n) is 2.68. The Labute approximate surface area is 108 Å². The summed E-state index contributed by atoms with van der Waals surface area (Å²) >= 11 is 0. The third-order valence-electron chi connectivity index (χ3n) is 3.65. The molecule has 1 aliphatic rings. The van der Waals surface area contributed by atoms with Gasteiger partial charge in [-0.1, -0.05) is 6.92 Å². The van der Waals surface area contributed by atoms with Crippen molar-refractivity contribution in [3.63, 3.8) is 0 Å². The van der Waals surface area contributed by atoms with Gasteiger partial charge < -0.3 is 14.7 Å². The van der Waals surface area contributed by atoms with Crippen molar-refractivity contribution in [1.29, 1.82) is 0 Å². The van der Waals surface area contributed by atoms with E-state index in [-0.39, 0.29) is 11.8 Å². The van der Waals surface area contributed by atoms with Crippen molar-refractivity contribution in [2.75, 3.05) is 27.3 Å². The molecule has 0 aromatic heterocycles. The van der Waals surface area contributed by atoms with E-state index in [1.165, 1.54) is 0 Å². The molecule has 1 rings (SSSR count). The number of aliphatic carboxylic acids is 1. The first-order valence-electron chi connectivity index (χ1n) is 6.44. The van der Waals surface area contributed by atoms with Gasteiger partial charge in [-0.15, -0.1) is 0 Å². The van der Waals surface area contributed by atoms with Gasteiger partial charge in [0.25, 0.3) is 0 Å². The molecule has 0 aliphatic heterocycles. The van der Waals surface area contributed by atoms with Gasteiger partial charge in [0.05, 0.1) is 11.8 Å². The van der Waals surface area contributed by atoms with Gasteiger partial charge in [0.15, 0.2) is 0 Å². The van der Waals surface area contributed by atoms with Crippen molar-refractivity contribution < 1.29 is 19.4 Å². The second kappa shape index (κ2) is 6.73. The lowest BCUT2D eigenvalue weighted by atomic mass is 9.95. The summed E-state index contributed by atoms with van der Waals surface area (Å²) in [6.07, 6.45) is 2.07. The molecule has 1 fully saturated rings. The molecule has 1 N–H and O–H groups in total. The topological polar surface area (TPSA) is 66.8 Å². The molecule has 0 saturated heterocycles. The molecule has 3 unspecified atom stereocenters. The maximum absolute atomic E-state index is 12.2. The van der Waals surface area contributed by atoms with E-state index in [9.17, 15) is 9.59 Å². The maximum Gasteiger partial charge on any atom is 0.307 e. The lowest BCUT2D eigenvalue weighted by Crippen LogP contribution is -2.37. The van der Waals surface area contributed by atoms with Gasteiger partial charge in [-0.05, 0) is 25.2 Å². The van der Waals surface area contributed by atoms with Crippen molar-refractivity contribution in [2.24, 2.45) is 17.8 Å². The average molecular weight is 257 g/mol. The van der Waals surface area contributed by atoms with Crippen molar-refractivity contribution in [1.82, 2.24) is 4.90 Å². The molecule has 1 saturated carbocycles. The Morgan fingerprint density at radius 3 is 2.50 bits per heavy atom. The van der Waals surface area contributed by atoms with Crippen LogP contribution in [-0.4, -0.2) is 49.2 Å². The number of carboxylic acid groups (broad SMARTS) is 1. The van der Waals surface area contributed by atoms with E-state index < -0.39 is 11.9 Å². The number of ether oxygens (including phenoxy) is 1. The lowest BCUT2D eigenvalue weighted by molar-refractivity contribution is -0.148. The van der Waals surface area contributed by atoms with E-state index in [1.807, 2.05) is 6.92 Å². The first-order valence-corrected chi connectivity index (χ1v) is 6.44. The van der Waals surface area contributed by atoms with Gasteiger partial charge in [-0.3, -0.25) is 9.59 Å². The predicted octanol–water partition coefficient (Wildman–Crippen LogP) is 1.23. The van der Waals surface area contributed by atoms with Gasteiger partial charge in [-0.25, -0.2) is 0 Å². The fourth-order valence-corrected chi connectivity index (χ4v) is 2.68. The molecule has 3 atom stereocenters. The lowest BCUT2D eigenvalue weighted by Gasteiger charge is -2.23. The van der Waals surface area contributed by atoms with Crippen molar-refractivity contribution in [3.8, 4) is 0 Å². The normalized spacial score (nSPS) is 27.2. The average Bonchev–Trinajstić information content (AvgIpc) is 2.70. The van der Waals surface area contributed by atoms with Crippen LogP contribution in [0.15, 0.2) is 0 Å². The van der Waals surface area contributed by atoms with Crippen LogP contribution in [0.3, 0.4) is 0 Å². The molecule has 5 heteroatoms. The van der Waals surface area contributed by atoms with Gasteiger partial charge in [0.2, 0.25) is 5.91 Å². The second-order valence-electron chi connectivity index (χ2n) is 5.23. The van der Waals surface area contributed by atoms with E-state index in [4.69, 9.17) is 9.84 Å². The summed E-state index contributed by atoms with van der Waals surface area (Å²) in [7, 11) is 3.36. The number of nitrogens with zero attached hydrogens (tertiary/aromatic N) is 1.